The molecule has 1 heterocycles. The van der Waals surface area contributed by atoms with Crippen LogP contribution in [0.4, 0.5) is 0 Å². The SMILES string of the molecule is CCN(CC)S(=O)(=O)c1cccc(C(=O)NCCC[NH+]2CCOCC2)c1. The van der Waals surface area contributed by atoms with E-state index in [1.165, 1.54) is 21.3 Å². The molecule has 2 rings (SSSR count). The molecule has 0 spiro atoms. The topological polar surface area (TPSA) is 80.2 Å². The van der Waals surface area contributed by atoms with E-state index in [9.17, 15) is 13.2 Å². The molecule has 26 heavy (non-hydrogen) atoms. The number of benzene rings is 1. The van der Waals surface area contributed by atoms with Crippen LogP contribution in [0.3, 0.4) is 0 Å². The van der Waals surface area contributed by atoms with Crippen molar-refractivity contribution in [2.24, 2.45) is 0 Å². The minimum Gasteiger partial charge on any atom is -0.370 e. The van der Waals surface area contributed by atoms with E-state index in [1.807, 2.05) is 0 Å². The Hall–Kier alpha value is -1.48. The molecule has 146 valence electrons. The second-order valence-corrected chi connectivity index (χ2v) is 8.28. The average Bonchev–Trinajstić information content (AvgIpc) is 2.67. The summed E-state index contributed by atoms with van der Waals surface area (Å²) in [6.07, 6.45) is 0.887. The zero-order valence-corrected chi connectivity index (χ0v) is 16.5. The highest BCUT2D eigenvalue weighted by Gasteiger charge is 2.22. The van der Waals surface area contributed by atoms with Crippen LogP contribution in [0, 0.1) is 0 Å². The Labute approximate surface area is 156 Å². The highest BCUT2D eigenvalue weighted by Crippen LogP contribution is 2.16. The van der Waals surface area contributed by atoms with Gasteiger partial charge in [0.2, 0.25) is 10.0 Å². The van der Waals surface area contributed by atoms with Crippen molar-refractivity contribution in [1.82, 2.24) is 9.62 Å². The maximum absolute atomic E-state index is 12.6. The zero-order valence-electron chi connectivity index (χ0n) is 15.7. The highest BCUT2D eigenvalue weighted by atomic mass is 32.2. The number of amides is 1. The Morgan fingerprint density at radius 1 is 1.23 bits per heavy atom. The standard InChI is InChI=1S/C18H29N3O4S/c1-3-21(4-2)26(23,24)17-8-5-7-16(15-17)18(22)19-9-6-10-20-11-13-25-14-12-20/h5,7-8,15H,3-4,6,9-14H2,1-2H3,(H,19,22)/p+1. The average molecular weight is 385 g/mol. The quantitative estimate of drug-likeness (QED) is 0.576. The number of rotatable bonds is 9. The van der Waals surface area contributed by atoms with Crippen LogP contribution in [0.1, 0.15) is 30.6 Å². The number of sulfonamides is 1. The summed E-state index contributed by atoms with van der Waals surface area (Å²) >= 11 is 0. The molecule has 1 fully saturated rings. The summed E-state index contributed by atoms with van der Waals surface area (Å²) in [5, 5.41) is 2.88. The molecule has 8 heteroatoms. The van der Waals surface area contributed by atoms with E-state index < -0.39 is 10.0 Å². The number of carbonyl (C=O) groups excluding carboxylic acids is 1. The number of hydrogen-bond donors (Lipinski definition) is 2. The summed E-state index contributed by atoms with van der Waals surface area (Å²) in [7, 11) is -3.56. The number of carbonyl (C=O) groups is 1. The molecule has 7 nitrogen and oxygen atoms in total. The fraction of sp³-hybridized carbons (Fsp3) is 0.611. The monoisotopic (exact) mass is 384 g/mol. The van der Waals surface area contributed by atoms with Crippen LogP contribution in [-0.4, -0.2) is 71.1 Å². The summed E-state index contributed by atoms with van der Waals surface area (Å²) in [5.74, 6) is -0.237. The van der Waals surface area contributed by atoms with E-state index in [-0.39, 0.29) is 10.8 Å². The number of hydrogen-bond acceptors (Lipinski definition) is 4. The Bertz CT molecular complexity index is 683. The first-order valence-corrected chi connectivity index (χ1v) is 10.7. The lowest BCUT2D eigenvalue weighted by Gasteiger charge is -2.23. The molecule has 1 aliphatic heterocycles. The minimum atomic E-state index is -3.56. The van der Waals surface area contributed by atoms with E-state index in [1.54, 1.807) is 26.0 Å². The molecule has 1 aliphatic rings. The maximum Gasteiger partial charge on any atom is 0.251 e. The van der Waals surface area contributed by atoms with E-state index in [2.05, 4.69) is 5.32 Å². The minimum absolute atomic E-state index is 0.159. The maximum atomic E-state index is 12.6. The smallest absolute Gasteiger partial charge is 0.251 e. The molecule has 0 aromatic heterocycles. The molecule has 1 aromatic carbocycles. The van der Waals surface area contributed by atoms with Crippen molar-refractivity contribution in [3.8, 4) is 0 Å². The van der Waals surface area contributed by atoms with Gasteiger partial charge in [-0.05, 0) is 18.2 Å². The first-order valence-electron chi connectivity index (χ1n) is 9.28. The van der Waals surface area contributed by atoms with Gasteiger partial charge in [0.25, 0.3) is 5.91 Å². The number of nitrogens with one attached hydrogen (secondary N) is 2. The van der Waals surface area contributed by atoms with Gasteiger partial charge in [0.15, 0.2) is 0 Å². The second-order valence-electron chi connectivity index (χ2n) is 6.34. The van der Waals surface area contributed by atoms with Crippen molar-refractivity contribution >= 4 is 15.9 Å². The first-order chi connectivity index (χ1) is 12.5. The van der Waals surface area contributed by atoms with Gasteiger partial charge in [-0.1, -0.05) is 19.9 Å². The Morgan fingerprint density at radius 3 is 2.58 bits per heavy atom. The van der Waals surface area contributed by atoms with E-state index >= 15 is 0 Å². The fourth-order valence-electron chi connectivity index (χ4n) is 3.06. The Morgan fingerprint density at radius 2 is 1.92 bits per heavy atom. The van der Waals surface area contributed by atoms with Crippen molar-refractivity contribution in [3.05, 3.63) is 29.8 Å². The van der Waals surface area contributed by atoms with Gasteiger partial charge in [-0.2, -0.15) is 4.31 Å². The van der Waals surface area contributed by atoms with Gasteiger partial charge in [0.1, 0.15) is 13.1 Å². The van der Waals surface area contributed by atoms with E-state index in [0.29, 0.717) is 25.2 Å². The third-order valence-electron chi connectivity index (χ3n) is 4.63. The van der Waals surface area contributed by atoms with Crippen LogP contribution in [0.15, 0.2) is 29.2 Å². The van der Waals surface area contributed by atoms with Crippen molar-refractivity contribution in [2.75, 3.05) is 52.5 Å². The Kier molecular flexibility index (Phi) is 8.02. The molecule has 0 unspecified atom stereocenters. The molecule has 0 saturated carbocycles. The summed E-state index contributed by atoms with van der Waals surface area (Å²) < 4.78 is 31.9. The molecule has 0 atom stereocenters. The zero-order chi connectivity index (χ0) is 19.0. The van der Waals surface area contributed by atoms with Gasteiger partial charge in [0.05, 0.1) is 24.7 Å². The molecule has 0 radical (unpaired) electrons. The van der Waals surface area contributed by atoms with Gasteiger partial charge < -0.3 is 15.0 Å². The molecule has 0 bridgehead atoms. The highest BCUT2D eigenvalue weighted by molar-refractivity contribution is 7.89. The number of quaternary nitrogens is 1. The van der Waals surface area contributed by atoms with Crippen LogP contribution in [0.25, 0.3) is 0 Å². The van der Waals surface area contributed by atoms with Gasteiger partial charge in [-0.3, -0.25) is 4.79 Å². The lowest BCUT2D eigenvalue weighted by Crippen LogP contribution is -3.14. The first kappa shape index (κ1) is 20.8. The van der Waals surface area contributed by atoms with Gasteiger partial charge in [0, 0.05) is 31.6 Å². The number of morpholine rings is 1. The van der Waals surface area contributed by atoms with Crippen LogP contribution < -0.4 is 10.2 Å². The normalized spacial score (nSPS) is 16.0. The third-order valence-corrected chi connectivity index (χ3v) is 6.68. The Balaban J connectivity index is 1.91. The van der Waals surface area contributed by atoms with Crippen LogP contribution in [0.5, 0.6) is 0 Å². The fourth-order valence-corrected chi connectivity index (χ4v) is 4.57. The summed E-state index contributed by atoms with van der Waals surface area (Å²) in [6, 6.07) is 6.25. The largest absolute Gasteiger partial charge is 0.370 e. The predicted octanol–water partition coefficient (Wildman–Crippen LogP) is -0.248. The number of nitrogens with zero attached hydrogens (tertiary/aromatic N) is 1. The molecule has 1 aromatic rings. The van der Waals surface area contributed by atoms with E-state index in [0.717, 1.165) is 39.3 Å². The molecule has 0 aliphatic carbocycles. The van der Waals surface area contributed by atoms with Crippen molar-refractivity contribution in [1.29, 1.82) is 0 Å². The molecule has 2 N–H and O–H groups in total. The van der Waals surface area contributed by atoms with Gasteiger partial charge in [-0.25, -0.2) is 8.42 Å². The molecular weight excluding hydrogens is 354 g/mol. The lowest BCUT2D eigenvalue weighted by molar-refractivity contribution is -0.908. The van der Waals surface area contributed by atoms with Gasteiger partial charge in [-0.15, -0.1) is 0 Å². The molecule has 1 saturated heterocycles. The van der Waals surface area contributed by atoms with E-state index in [4.69, 9.17) is 4.74 Å². The third kappa shape index (κ3) is 5.51. The van der Waals surface area contributed by atoms with Crippen molar-refractivity contribution in [2.45, 2.75) is 25.2 Å². The lowest BCUT2D eigenvalue weighted by atomic mass is 10.2. The molecule has 1 amide bonds. The van der Waals surface area contributed by atoms with Crippen LogP contribution in [0.2, 0.25) is 0 Å². The van der Waals surface area contributed by atoms with Crippen molar-refractivity contribution < 1.29 is 22.8 Å². The second kappa shape index (κ2) is 10.0. The van der Waals surface area contributed by atoms with Gasteiger partial charge >= 0.3 is 0 Å². The summed E-state index contributed by atoms with van der Waals surface area (Å²) in [5.41, 5.74) is 0.372. The molecular formula is C18H30N3O4S+. The summed E-state index contributed by atoms with van der Waals surface area (Å²) in [6.45, 7) is 9.61. The van der Waals surface area contributed by atoms with Crippen LogP contribution >= 0.6 is 0 Å². The predicted molar refractivity (Wildman–Crippen MR) is 99.9 cm³/mol. The summed E-state index contributed by atoms with van der Waals surface area (Å²) in [4.78, 5) is 14.0. The van der Waals surface area contributed by atoms with Crippen LogP contribution in [-0.2, 0) is 14.8 Å². The number of ether oxygens (including phenoxy) is 1. The van der Waals surface area contributed by atoms with Crippen molar-refractivity contribution in [3.63, 3.8) is 0 Å².